The Hall–Kier alpha value is -4.05. The fraction of sp³-hybridized carbons (Fsp3) is 0.0357. The topological polar surface area (TPSA) is 29.5 Å². The smallest absolute Gasteiger partial charge is 0.338 e. The third kappa shape index (κ3) is 4.81. The molecule has 0 unspecified atom stereocenters. The summed E-state index contributed by atoms with van der Waals surface area (Å²) in [5, 5.41) is 0. The number of anilines is 3. The zero-order valence-corrected chi connectivity index (χ0v) is 18.3. The van der Waals surface area contributed by atoms with Crippen molar-refractivity contribution >= 4 is 36.3 Å². The van der Waals surface area contributed by atoms with Crippen molar-refractivity contribution in [2.75, 3.05) is 4.90 Å². The highest BCUT2D eigenvalue weighted by Gasteiger charge is 2.13. The van der Waals surface area contributed by atoms with Crippen molar-refractivity contribution in [1.29, 1.82) is 0 Å². The number of hydrogen-bond donors (Lipinski definition) is 0. The Morgan fingerprint density at radius 3 is 1.72 bits per heavy atom. The van der Waals surface area contributed by atoms with Gasteiger partial charge < -0.3 is 9.64 Å². The van der Waals surface area contributed by atoms with E-state index in [2.05, 4.69) is 80.0 Å². The van der Waals surface area contributed by atoms with E-state index in [1.165, 1.54) is 16.6 Å². The predicted molar refractivity (Wildman–Crippen MR) is 135 cm³/mol. The molecule has 0 atom stereocenters. The minimum absolute atomic E-state index is 0.369. The summed E-state index contributed by atoms with van der Waals surface area (Å²) in [4.78, 5) is 14.0. The third-order valence-electron chi connectivity index (χ3n) is 5.18. The molecule has 4 aromatic carbocycles. The Labute approximate surface area is 190 Å². The lowest BCUT2D eigenvalue weighted by atomic mass is 9.94. The Morgan fingerprint density at radius 1 is 0.719 bits per heavy atom. The molecule has 0 spiro atoms. The Morgan fingerprint density at radius 2 is 1.19 bits per heavy atom. The molecule has 156 valence electrons. The first kappa shape index (κ1) is 21.2. The molecular weight excluding hydrogens is 393 g/mol. The molecule has 4 rings (SSSR count). The summed E-state index contributed by atoms with van der Waals surface area (Å²) in [5.41, 5.74) is 7.03. The van der Waals surface area contributed by atoms with Crippen molar-refractivity contribution in [1.82, 2.24) is 0 Å². The maximum atomic E-state index is 11.8. The summed E-state index contributed by atoms with van der Waals surface area (Å²) in [6.45, 7) is 5.26. The van der Waals surface area contributed by atoms with Crippen LogP contribution in [0.1, 0.15) is 6.92 Å². The van der Waals surface area contributed by atoms with Crippen LogP contribution in [-0.2, 0) is 4.79 Å². The second-order valence-electron chi connectivity index (χ2n) is 7.75. The molecule has 4 aromatic rings. The van der Waals surface area contributed by atoms with Gasteiger partial charge in [0, 0.05) is 22.6 Å². The Bertz CT molecular complexity index is 1220. The van der Waals surface area contributed by atoms with Gasteiger partial charge in [-0.05, 0) is 66.6 Å². The monoisotopic (exact) mass is 417 g/mol. The minimum Gasteiger partial charge on any atom is -0.423 e. The number of ether oxygens (including phenoxy) is 1. The second-order valence-corrected chi connectivity index (χ2v) is 7.75. The second kappa shape index (κ2) is 9.40. The maximum absolute atomic E-state index is 11.8. The van der Waals surface area contributed by atoms with Gasteiger partial charge in [0.2, 0.25) is 0 Å². The summed E-state index contributed by atoms with van der Waals surface area (Å²) in [6, 6.07) is 34.7. The molecule has 0 aliphatic carbocycles. The molecule has 32 heavy (non-hydrogen) atoms. The van der Waals surface area contributed by atoms with Crippen LogP contribution in [-0.4, -0.2) is 13.8 Å². The number of rotatable bonds is 6. The molecule has 0 aliphatic heterocycles. The van der Waals surface area contributed by atoms with Crippen LogP contribution in [0.2, 0.25) is 0 Å². The summed E-state index contributed by atoms with van der Waals surface area (Å²) in [5.74, 6) is 0.0637. The molecule has 0 bridgehead atoms. The molecule has 0 heterocycles. The van der Waals surface area contributed by atoms with Gasteiger partial charge in [0.25, 0.3) is 0 Å². The fourth-order valence-corrected chi connectivity index (χ4v) is 3.43. The third-order valence-corrected chi connectivity index (χ3v) is 5.18. The molecule has 0 amide bonds. The SMILES string of the molecule is Bc1ccc(-c2ccc(N(c3ccccc3)c3ccc(OC(=O)C(=C)C)cc3)cc2)cc1. The lowest BCUT2D eigenvalue weighted by molar-refractivity contribution is -0.130. The van der Waals surface area contributed by atoms with Gasteiger partial charge in [0.1, 0.15) is 13.6 Å². The van der Waals surface area contributed by atoms with E-state index in [0.717, 1.165) is 17.1 Å². The van der Waals surface area contributed by atoms with E-state index in [1.54, 1.807) is 19.1 Å². The average molecular weight is 417 g/mol. The molecule has 0 N–H and O–H groups in total. The highest BCUT2D eigenvalue weighted by atomic mass is 16.5. The van der Waals surface area contributed by atoms with Crippen LogP contribution in [0.25, 0.3) is 11.1 Å². The standard InChI is InChI=1S/C28H24BNO2/c1-20(2)28(31)32-27-18-16-26(17-19-27)30(24-6-4-3-5-7-24)25-14-10-22(11-15-25)21-8-12-23(29)13-9-21/h3-19H,1,29H2,2H3. The predicted octanol–water partition coefficient (Wildman–Crippen LogP) is 5.56. The molecule has 0 fully saturated rings. The van der Waals surface area contributed by atoms with E-state index in [9.17, 15) is 4.79 Å². The van der Waals surface area contributed by atoms with Gasteiger partial charge in [0.05, 0.1) is 0 Å². The number of para-hydroxylation sites is 1. The number of carbonyl (C=O) groups is 1. The van der Waals surface area contributed by atoms with Crippen LogP contribution >= 0.6 is 0 Å². The summed E-state index contributed by atoms with van der Waals surface area (Å²) < 4.78 is 5.34. The number of carbonyl (C=O) groups excluding carboxylic acids is 1. The summed E-state index contributed by atoms with van der Waals surface area (Å²) in [6.07, 6.45) is 0. The van der Waals surface area contributed by atoms with Crippen LogP contribution in [0.3, 0.4) is 0 Å². The van der Waals surface area contributed by atoms with Crippen molar-refractivity contribution in [2.24, 2.45) is 0 Å². The molecule has 0 saturated heterocycles. The Balaban J connectivity index is 1.67. The number of hydrogen-bond acceptors (Lipinski definition) is 3. The van der Waals surface area contributed by atoms with Gasteiger partial charge in [-0.1, -0.05) is 66.6 Å². The van der Waals surface area contributed by atoms with E-state index >= 15 is 0 Å². The van der Waals surface area contributed by atoms with Gasteiger partial charge >= 0.3 is 5.97 Å². The van der Waals surface area contributed by atoms with Crippen LogP contribution in [0, 0.1) is 0 Å². The van der Waals surface area contributed by atoms with Gasteiger partial charge in [-0.15, -0.1) is 0 Å². The number of benzene rings is 4. The van der Waals surface area contributed by atoms with E-state index in [-0.39, 0.29) is 0 Å². The molecule has 0 aromatic heterocycles. The largest absolute Gasteiger partial charge is 0.423 e. The lowest BCUT2D eigenvalue weighted by Gasteiger charge is -2.25. The molecular formula is C28H24BNO2. The highest BCUT2D eigenvalue weighted by molar-refractivity contribution is 6.32. The highest BCUT2D eigenvalue weighted by Crippen LogP contribution is 2.36. The molecule has 0 radical (unpaired) electrons. The normalized spacial score (nSPS) is 10.4. The van der Waals surface area contributed by atoms with E-state index in [1.807, 2.05) is 30.3 Å². The van der Waals surface area contributed by atoms with Gasteiger partial charge in [-0.3, -0.25) is 0 Å². The first-order valence-corrected chi connectivity index (χ1v) is 10.5. The van der Waals surface area contributed by atoms with Crippen molar-refractivity contribution < 1.29 is 9.53 Å². The van der Waals surface area contributed by atoms with E-state index < -0.39 is 5.97 Å². The van der Waals surface area contributed by atoms with Crippen molar-refractivity contribution in [3.8, 4) is 16.9 Å². The average Bonchev–Trinajstić information content (AvgIpc) is 2.82. The first-order valence-electron chi connectivity index (χ1n) is 10.5. The summed E-state index contributed by atoms with van der Waals surface area (Å²) >= 11 is 0. The zero-order chi connectivity index (χ0) is 22.5. The van der Waals surface area contributed by atoms with E-state index in [4.69, 9.17) is 4.74 Å². The lowest BCUT2D eigenvalue weighted by Crippen LogP contribution is -2.11. The number of esters is 1. The van der Waals surface area contributed by atoms with Crippen LogP contribution < -0.4 is 15.1 Å². The van der Waals surface area contributed by atoms with E-state index in [0.29, 0.717) is 11.3 Å². The van der Waals surface area contributed by atoms with Crippen LogP contribution in [0.4, 0.5) is 17.1 Å². The molecule has 4 heteroatoms. The maximum Gasteiger partial charge on any atom is 0.338 e. The van der Waals surface area contributed by atoms with Crippen molar-refractivity contribution in [3.63, 3.8) is 0 Å². The van der Waals surface area contributed by atoms with Crippen LogP contribution in [0.15, 0.2) is 115 Å². The quantitative estimate of drug-likeness (QED) is 0.178. The molecule has 0 aliphatic rings. The minimum atomic E-state index is -0.427. The van der Waals surface area contributed by atoms with Crippen LogP contribution in [0.5, 0.6) is 5.75 Å². The fourth-order valence-electron chi connectivity index (χ4n) is 3.43. The van der Waals surface area contributed by atoms with Gasteiger partial charge in [-0.25, -0.2) is 4.79 Å². The zero-order valence-electron chi connectivity index (χ0n) is 18.3. The van der Waals surface area contributed by atoms with Crippen molar-refractivity contribution in [3.05, 3.63) is 115 Å². The Kier molecular flexibility index (Phi) is 6.23. The van der Waals surface area contributed by atoms with Gasteiger partial charge in [0.15, 0.2) is 0 Å². The summed E-state index contributed by atoms with van der Waals surface area (Å²) in [7, 11) is 2.09. The number of nitrogens with zero attached hydrogens (tertiary/aromatic N) is 1. The first-order chi connectivity index (χ1) is 15.5. The van der Waals surface area contributed by atoms with Crippen molar-refractivity contribution in [2.45, 2.75) is 6.92 Å². The molecule has 3 nitrogen and oxygen atoms in total. The molecule has 0 saturated carbocycles. The van der Waals surface area contributed by atoms with Gasteiger partial charge in [-0.2, -0.15) is 0 Å².